The molecule has 2 aromatic rings. The molecule has 0 aliphatic carbocycles. The average Bonchev–Trinajstić information content (AvgIpc) is 3.12. The van der Waals surface area contributed by atoms with Crippen LogP contribution >= 0.6 is 0 Å². The summed E-state index contributed by atoms with van der Waals surface area (Å²) in [5, 5.41) is 20.2. The highest BCUT2D eigenvalue weighted by Gasteiger charge is 2.49. The standard InChI is InChI=1S/C22H21F3N2O5/c23-22(24,25)16-3-1-2-15(12-16)18-13-21(8-10-26(11-9-21)20(28)29)32-19(18)14-4-6-17(7-5-14)27(30)31/h1-7,12,18-19H,8-11,13H2,(H,28,29). The summed E-state index contributed by atoms with van der Waals surface area (Å²) in [6, 6.07) is 11.0. The van der Waals surface area contributed by atoms with E-state index in [1.54, 1.807) is 18.2 Å². The van der Waals surface area contributed by atoms with Crippen LogP contribution in [0.1, 0.15) is 48.0 Å². The second-order valence-electron chi connectivity index (χ2n) is 8.27. The molecule has 7 nitrogen and oxygen atoms in total. The first-order valence-corrected chi connectivity index (χ1v) is 10.2. The summed E-state index contributed by atoms with van der Waals surface area (Å²) in [7, 11) is 0. The minimum atomic E-state index is -4.48. The highest BCUT2D eigenvalue weighted by atomic mass is 19.4. The molecular formula is C22H21F3N2O5. The fourth-order valence-corrected chi connectivity index (χ4v) is 4.66. The van der Waals surface area contributed by atoms with Gasteiger partial charge in [0.05, 0.1) is 22.2 Å². The van der Waals surface area contributed by atoms with Gasteiger partial charge in [-0.2, -0.15) is 13.2 Å². The van der Waals surface area contributed by atoms with Crippen LogP contribution in [0.3, 0.4) is 0 Å². The second-order valence-corrected chi connectivity index (χ2v) is 8.27. The average molecular weight is 450 g/mol. The van der Waals surface area contributed by atoms with Gasteiger partial charge in [0.25, 0.3) is 5.69 Å². The van der Waals surface area contributed by atoms with Crippen molar-refractivity contribution in [1.82, 2.24) is 4.90 Å². The number of carbonyl (C=O) groups is 1. The topological polar surface area (TPSA) is 92.9 Å². The number of carboxylic acid groups (broad SMARTS) is 1. The predicted octanol–water partition coefficient (Wildman–Crippen LogP) is 5.37. The molecule has 0 radical (unpaired) electrons. The Balaban J connectivity index is 1.68. The molecule has 1 N–H and O–H groups in total. The quantitative estimate of drug-likeness (QED) is 0.501. The van der Waals surface area contributed by atoms with Gasteiger partial charge in [-0.25, -0.2) is 4.79 Å². The number of rotatable bonds is 3. The molecule has 2 atom stereocenters. The van der Waals surface area contributed by atoms with Gasteiger partial charge < -0.3 is 14.7 Å². The molecule has 170 valence electrons. The number of alkyl halides is 3. The van der Waals surface area contributed by atoms with Crippen LogP contribution in [0.4, 0.5) is 23.7 Å². The monoisotopic (exact) mass is 450 g/mol. The van der Waals surface area contributed by atoms with Crippen LogP contribution in [-0.4, -0.2) is 39.7 Å². The van der Waals surface area contributed by atoms with Crippen molar-refractivity contribution in [3.05, 3.63) is 75.3 Å². The number of halogens is 3. The molecule has 0 aromatic heterocycles. The smallest absolute Gasteiger partial charge is 0.416 e. The molecule has 1 spiro atoms. The number of likely N-dealkylation sites (tertiary alicyclic amines) is 1. The fraction of sp³-hybridized carbons (Fsp3) is 0.409. The maximum atomic E-state index is 13.3. The Bertz CT molecular complexity index is 1020. The van der Waals surface area contributed by atoms with E-state index >= 15 is 0 Å². The van der Waals surface area contributed by atoms with Gasteiger partial charge in [-0.05, 0) is 48.6 Å². The molecule has 2 fully saturated rings. The van der Waals surface area contributed by atoms with Crippen molar-refractivity contribution in [3.8, 4) is 0 Å². The molecule has 2 aromatic carbocycles. The zero-order chi connectivity index (χ0) is 23.1. The number of hydrogen-bond acceptors (Lipinski definition) is 4. The lowest BCUT2D eigenvalue weighted by molar-refractivity contribution is -0.384. The van der Waals surface area contributed by atoms with Gasteiger partial charge in [-0.1, -0.05) is 18.2 Å². The van der Waals surface area contributed by atoms with E-state index in [0.717, 1.165) is 12.1 Å². The lowest BCUT2D eigenvalue weighted by Gasteiger charge is -2.38. The Morgan fingerprint density at radius 1 is 1.12 bits per heavy atom. The normalized spacial score (nSPS) is 22.8. The van der Waals surface area contributed by atoms with Crippen molar-refractivity contribution in [2.75, 3.05) is 13.1 Å². The zero-order valence-electron chi connectivity index (χ0n) is 16.9. The van der Waals surface area contributed by atoms with Crippen molar-refractivity contribution in [2.45, 2.75) is 43.1 Å². The largest absolute Gasteiger partial charge is 0.465 e. The molecule has 2 unspecified atom stereocenters. The number of nitro benzene ring substituents is 1. The molecule has 1 amide bonds. The molecule has 32 heavy (non-hydrogen) atoms. The van der Waals surface area contributed by atoms with Crippen LogP contribution in [0, 0.1) is 10.1 Å². The van der Waals surface area contributed by atoms with Gasteiger partial charge in [0, 0.05) is 31.1 Å². The Kier molecular flexibility index (Phi) is 5.58. The van der Waals surface area contributed by atoms with Crippen LogP contribution in [0.25, 0.3) is 0 Å². The Morgan fingerprint density at radius 3 is 2.34 bits per heavy atom. The van der Waals surface area contributed by atoms with Gasteiger partial charge in [-0.15, -0.1) is 0 Å². The SMILES string of the molecule is O=C(O)N1CCC2(CC1)CC(c1cccc(C(F)(F)F)c1)C(c1ccc([N+](=O)[O-])cc1)O2. The third-order valence-corrected chi connectivity index (χ3v) is 6.35. The third kappa shape index (κ3) is 4.27. The zero-order valence-corrected chi connectivity index (χ0v) is 16.9. The van der Waals surface area contributed by atoms with Gasteiger partial charge in [-0.3, -0.25) is 10.1 Å². The van der Waals surface area contributed by atoms with E-state index < -0.39 is 40.4 Å². The van der Waals surface area contributed by atoms with E-state index in [-0.39, 0.29) is 18.8 Å². The van der Waals surface area contributed by atoms with Crippen molar-refractivity contribution in [1.29, 1.82) is 0 Å². The highest BCUT2D eigenvalue weighted by Crippen LogP contribution is 2.53. The maximum absolute atomic E-state index is 13.3. The maximum Gasteiger partial charge on any atom is 0.416 e. The van der Waals surface area contributed by atoms with Gasteiger partial charge in [0.15, 0.2) is 0 Å². The van der Waals surface area contributed by atoms with E-state index in [0.29, 0.717) is 30.4 Å². The molecular weight excluding hydrogens is 429 g/mol. The summed E-state index contributed by atoms with van der Waals surface area (Å²) in [5.41, 5.74) is -0.403. The van der Waals surface area contributed by atoms with E-state index in [1.165, 1.54) is 23.1 Å². The Labute approximate surface area is 181 Å². The molecule has 10 heteroatoms. The van der Waals surface area contributed by atoms with E-state index in [4.69, 9.17) is 4.74 Å². The molecule has 2 aliphatic rings. The van der Waals surface area contributed by atoms with Crippen LogP contribution in [0.2, 0.25) is 0 Å². The Hall–Kier alpha value is -3.14. The van der Waals surface area contributed by atoms with Crippen LogP contribution in [0.15, 0.2) is 48.5 Å². The second kappa shape index (κ2) is 8.09. The van der Waals surface area contributed by atoms with Crippen LogP contribution < -0.4 is 0 Å². The third-order valence-electron chi connectivity index (χ3n) is 6.35. The number of benzene rings is 2. The number of piperidine rings is 1. The van der Waals surface area contributed by atoms with Crippen LogP contribution in [0.5, 0.6) is 0 Å². The summed E-state index contributed by atoms with van der Waals surface area (Å²) in [6.45, 7) is 0.551. The summed E-state index contributed by atoms with van der Waals surface area (Å²) >= 11 is 0. The molecule has 0 bridgehead atoms. The summed E-state index contributed by atoms with van der Waals surface area (Å²) < 4.78 is 46.3. The molecule has 2 heterocycles. The summed E-state index contributed by atoms with van der Waals surface area (Å²) in [6.07, 6.45) is -4.81. The number of nitrogens with zero attached hydrogens (tertiary/aromatic N) is 2. The number of ether oxygens (including phenoxy) is 1. The number of nitro groups is 1. The number of amides is 1. The number of non-ortho nitro benzene ring substituents is 1. The van der Waals surface area contributed by atoms with Gasteiger partial charge in [0.1, 0.15) is 0 Å². The van der Waals surface area contributed by atoms with Crippen LogP contribution in [-0.2, 0) is 10.9 Å². The first kappa shape index (κ1) is 22.1. The van der Waals surface area contributed by atoms with Crippen molar-refractivity contribution < 1.29 is 32.7 Å². The first-order valence-electron chi connectivity index (χ1n) is 10.2. The fourth-order valence-electron chi connectivity index (χ4n) is 4.66. The highest BCUT2D eigenvalue weighted by molar-refractivity contribution is 5.65. The van der Waals surface area contributed by atoms with E-state index in [2.05, 4.69) is 0 Å². The van der Waals surface area contributed by atoms with Crippen molar-refractivity contribution in [2.24, 2.45) is 0 Å². The van der Waals surface area contributed by atoms with Crippen molar-refractivity contribution in [3.63, 3.8) is 0 Å². The van der Waals surface area contributed by atoms with E-state index in [1.807, 2.05) is 0 Å². The van der Waals surface area contributed by atoms with E-state index in [9.17, 15) is 33.2 Å². The van der Waals surface area contributed by atoms with Gasteiger partial charge >= 0.3 is 12.3 Å². The van der Waals surface area contributed by atoms with Crippen molar-refractivity contribution >= 4 is 11.8 Å². The molecule has 2 aliphatic heterocycles. The molecule has 0 saturated carbocycles. The summed E-state index contributed by atoms with van der Waals surface area (Å²) in [4.78, 5) is 23.0. The predicted molar refractivity (Wildman–Crippen MR) is 107 cm³/mol. The first-order chi connectivity index (χ1) is 15.1. The molecule has 2 saturated heterocycles. The number of hydrogen-bond donors (Lipinski definition) is 1. The minimum absolute atomic E-state index is 0.0909. The Morgan fingerprint density at radius 2 is 1.78 bits per heavy atom. The lowest BCUT2D eigenvalue weighted by atomic mass is 9.80. The van der Waals surface area contributed by atoms with Gasteiger partial charge in [0.2, 0.25) is 0 Å². The summed E-state index contributed by atoms with van der Waals surface area (Å²) in [5.74, 6) is -0.407. The lowest BCUT2D eigenvalue weighted by Crippen LogP contribution is -2.46. The minimum Gasteiger partial charge on any atom is -0.465 e. The molecule has 4 rings (SSSR count).